The second-order valence-electron chi connectivity index (χ2n) is 5.21. The molecule has 1 saturated heterocycles. The summed E-state index contributed by atoms with van der Waals surface area (Å²) in [6.07, 6.45) is 4.06. The third-order valence-corrected chi connectivity index (χ3v) is 3.55. The molecule has 5 nitrogen and oxygen atoms in total. The molecule has 6 heteroatoms. The smallest absolute Gasteiger partial charge is 0.231 e. The van der Waals surface area contributed by atoms with Crippen LogP contribution in [0.25, 0.3) is 5.65 Å². The summed E-state index contributed by atoms with van der Waals surface area (Å²) in [6.45, 7) is 2.99. The van der Waals surface area contributed by atoms with E-state index in [2.05, 4.69) is 22.0 Å². The van der Waals surface area contributed by atoms with Crippen LogP contribution in [0.5, 0.6) is 5.88 Å². The van der Waals surface area contributed by atoms with Crippen LogP contribution in [0.3, 0.4) is 0 Å². The summed E-state index contributed by atoms with van der Waals surface area (Å²) in [6, 6.07) is 3.71. The van der Waals surface area contributed by atoms with Crippen LogP contribution < -0.4 is 10.3 Å². The first-order valence-corrected chi connectivity index (χ1v) is 6.64. The van der Waals surface area contributed by atoms with Gasteiger partial charge in [-0.05, 0) is 32.5 Å². The van der Waals surface area contributed by atoms with E-state index in [1.807, 2.05) is 12.1 Å². The summed E-state index contributed by atoms with van der Waals surface area (Å²) in [5.41, 5.74) is 1.26. The first kappa shape index (κ1) is 12.5. The SMILES string of the molecule is [B]c1cnc2ccc(OCC3CCCN(C)C3)nn12. The van der Waals surface area contributed by atoms with Gasteiger partial charge in [-0.25, -0.2) is 9.50 Å². The molecule has 0 spiro atoms. The van der Waals surface area contributed by atoms with E-state index in [1.54, 1.807) is 10.7 Å². The number of aromatic nitrogens is 3. The Bertz CT molecular complexity index is 571. The van der Waals surface area contributed by atoms with Crippen LogP contribution in [-0.4, -0.2) is 54.1 Å². The number of likely N-dealkylation sites (tertiary alicyclic amines) is 1. The largest absolute Gasteiger partial charge is 0.476 e. The molecule has 0 aliphatic carbocycles. The standard InChI is InChI=1S/C13H17BN4O/c1-17-6-2-3-10(8-17)9-19-13-5-4-12-15-7-11(14)18(12)16-13/h4-5,7,10H,2-3,6,8-9H2,1H3. The number of hydrogen-bond donors (Lipinski definition) is 0. The number of hydrogen-bond acceptors (Lipinski definition) is 4. The molecule has 1 atom stereocenters. The van der Waals surface area contributed by atoms with Gasteiger partial charge in [0.2, 0.25) is 5.88 Å². The molecule has 1 aliphatic heterocycles. The quantitative estimate of drug-likeness (QED) is 0.738. The van der Waals surface area contributed by atoms with E-state index < -0.39 is 0 Å². The summed E-state index contributed by atoms with van der Waals surface area (Å²) in [5.74, 6) is 1.18. The summed E-state index contributed by atoms with van der Waals surface area (Å²) in [4.78, 5) is 6.48. The fourth-order valence-electron chi connectivity index (χ4n) is 2.56. The highest BCUT2D eigenvalue weighted by Gasteiger charge is 2.17. The maximum absolute atomic E-state index is 5.78. The molecule has 1 unspecified atom stereocenters. The molecule has 0 N–H and O–H groups in total. The summed E-state index contributed by atoms with van der Waals surface area (Å²) < 4.78 is 7.38. The third kappa shape index (κ3) is 2.73. The van der Waals surface area contributed by atoms with Crippen molar-refractivity contribution in [1.82, 2.24) is 19.5 Å². The van der Waals surface area contributed by atoms with Crippen LogP contribution in [0.4, 0.5) is 0 Å². The van der Waals surface area contributed by atoms with Crippen LogP contribution >= 0.6 is 0 Å². The highest BCUT2D eigenvalue weighted by Crippen LogP contribution is 2.16. The van der Waals surface area contributed by atoms with Crippen LogP contribution in [0.2, 0.25) is 0 Å². The maximum atomic E-state index is 5.78. The Morgan fingerprint density at radius 3 is 3.21 bits per heavy atom. The van der Waals surface area contributed by atoms with Gasteiger partial charge in [0.15, 0.2) is 5.65 Å². The highest BCUT2D eigenvalue weighted by atomic mass is 16.5. The van der Waals surface area contributed by atoms with Crippen LogP contribution in [-0.2, 0) is 0 Å². The fourth-order valence-corrected chi connectivity index (χ4v) is 2.56. The average Bonchev–Trinajstić information content (AvgIpc) is 2.78. The van der Waals surface area contributed by atoms with E-state index in [-0.39, 0.29) is 0 Å². The van der Waals surface area contributed by atoms with Crippen LogP contribution in [0.1, 0.15) is 12.8 Å². The maximum Gasteiger partial charge on any atom is 0.231 e. The molecule has 3 rings (SSSR count). The molecule has 2 aromatic rings. The first-order valence-electron chi connectivity index (χ1n) is 6.64. The molecule has 1 fully saturated rings. The van der Waals surface area contributed by atoms with E-state index >= 15 is 0 Å². The van der Waals surface area contributed by atoms with E-state index in [0.717, 1.165) is 12.2 Å². The summed E-state index contributed by atoms with van der Waals surface area (Å²) in [7, 11) is 7.93. The molecule has 19 heavy (non-hydrogen) atoms. The van der Waals surface area contributed by atoms with Crippen molar-refractivity contribution in [3.63, 3.8) is 0 Å². The van der Waals surface area contributed by atoms with Crippen molar-refractivity contribution < 1.29 is 4.74 Å². The molecule has 0 amide bonds. The van der Waals surface area contributed by atoms with E-state index in [0.29, 0.717) is 24.0 Å². The number of ether oxygens (including phenoxy) is 1. The molecule has 0 aromatic carbocycles. The number of imidazole rings is 1. The second-order valence-corrected chi connectivity index (χ2v) is 5.21. The van der Waals surface area contributed by atoms with Gasteiger partial charge in [0, 0.05) is 30.3 Å². The molecule has 2 radical (unpaired) electrons. The average molecular weight is 256 g/mol. The molecule has 0 bridgehead atoms. The van der Waals surface area contributed by atoms with Crippen molar-refractivity contribution >= 4 is 19.1 Å². The van der Waals surface area contributed by atoms with Crippen molar-refractivity contribution in [1.29, 1.82) is 0 Å². The Hall–Kier alpha value is -1.56. The van der Waals surface area contributed by atoms with Gasteiger partial charge in [-0.1, -0.05) is 0 Å². The molecule has 98 valence electrons. The van der Waals surface area contributed by atoms with Gasteiger partial charge in [0.1, 0.15) is 7.85 Å². The van der Waals surface area contributed by atoms with Crippen LogP contribution in [0, 0.1) is 5.92 Å². The van der Waals surface area contributed by atoms with Crippen molar-refractivity contribution in [3.05, 3.63) is 18.3 Å². The van der Waals surface area contributed by atoms with Crippen molar-refractivity contribution in [2.75, 3.05) is 26.7 Å². The second kappa shape index (κ2) is 5.21. The van der Waals surface area contributed by atoms with Gasteiger partial charge in [0.25, 0.3) is 0 Å². The number of fused-ring (bicyclic) bond motifs is 1. The van der Waals surface area contributed by atoms with Gasteiger partial charge in [0.05, 0.1) is 6.61 Å². The minimum atomic E-state index is 0.526. The third-order valence-electron chi connectivity index (χ3n) is 3.55. The molecular formula is C13H17BN4O. The fraction of sp³-hybridized carbons (Fsp3) is 0.538. The van der Waals surface area contributed by atoms with Gasteiger partial charge < -0.3 is 9.64 Å². The van der Waals surface area contributed by atoms with Gasteiger partial charge >= 0.3 is 0 Å². The van der Waals surface area contributed by atoms with Gasteiger partial charge in [-0.3, -0.25) is 0 Å². The van der Waals surface area contributed by atoms with Gasteiger partial charge in [-0.15, -0.1) is 5.10 Å². The predicted molar refractivity (Wildman–Crippen MR) is 74.1 cm³/mol. The molecule has 1 aliphatic rings. The zero-order valence-electron chi connectivity index (χ0n) is 11.1. The van der Waals surface area contributed by atoms with Crippen LogP contribution in [0.15, 0.2) is 18.3 Å². The lowest BCUT2D eigenvalue weighted by atomic mass is 10.00. The van der Waals surface area contributed by atoms with Crippen molar-refractivity contribution in [3.8, 4) is 5.88 Å². The monoisotopic (exact) mass is 256 g/mol. The topological polar surface area (TPSA) is 42.7 Å². The lowest BCUT2D eigenvalue weighted by Crippen LogP contribution is -2.34. The Morgan fingerprint density at radius 1 is 1.47 bits per heavy atom. The summed E-state index contributed by atoms with van der Waals surface area (Å²) >= 11 is 0. The highest BCUT2D eigenvalue weighted by molar-refractivity contribution is 6.30. The zero-order valence-corrected chi connectivity index (χ0v) is 11.1. The Labute approximate surface area is 114 Å². The normalized spacial score (nSPS) is 20.8. The Balaban J connectivity index is 1.66. The van der Waals surface area contributed by atoms with Crippen molar-refractivity contribution in [2.45, 2.75) is 12.8 Å². The Kier molecular flexibility index (Phi) is 3.42. The minimum Gasteiger partial charge on any atom is -0.476 e. The molecule has 3 heterocycles. The lowest BCUT2D eigenvalue weighted by molar-refractivity contribution is 0.146. The molecular weight excluding hydrogens is 239 g/mol. The molecule has 0 saturated carbocycles. The predicted octanol–water partition coefficient (Wildman–Crippen LogP) is 0.244. The lowest BCUT2D eigenvalue weighted by Gasteiger charge is -2.29. The number of rotatable bonds is 3. The summed E-state index contributed by atoms with van der Waals surface area (Å²) in [5, 5.41) is 4.33. The van der Waals surface area contributed by atoms with E-state index in [4.69, 9.17) is 12.6 Å². The number of nitrogens with zero attached hydrogens (tertiary/aromatic N) is 4. The Morgan fingerprint density at radius 2 is 2.37 bits per heavy atom. The number of piperidine rings is 1. The zero-order chi connectivity index (χ0) is 13.2. The van der Waals surface area contributed by atoms with Gasteiger partial charge in [-0.2, -0.15) is 0 Å². The minimum absolute atomic E-state index is 0.526. The van der Waals surface area contributed by atoms with E-state index in [1.165, 1.54) is 19.4 Å². The molecule has 2 aromatic heterocycles. The van der Waals surface area contributed by atoms with Crippen molar-refractivity contribution in [2.24, 2.45) is 5.92 Å². The van der Waals surface area contributed by atoms with E-state index in [9.17, 15) is 0 Å². The first-order chi connectivity index (χ1) is 9.22.